The lowest BCUT2D eigenvalue weighted by atomic mass is 10.2. The Bertz CT molecular complexity index is 104. The van der Waals surface area contributed by atoms with Gasteiger partial charge < -0.3 is 0 Å². The van der Waals surface area contributed by atoms with Crippen LogP contribution in [0.3, 0.4) is 0 Å². The first-order valence-corrected chi connectivity index (χ1v) is 7.25. The summed E-state index contributed by atoms with van der Waals surface area (Å²) in [6.07, 6.45) is 14.8. The summed E-state index contributed by atoms with van der Waals surface area (Å²) in [5.74, 6) is 0. The molecule has 1 rings (SSSR count). The van der Waals surface area contributed by atoms with Gasteiger partial charge in [-0.1, -0.05) is 54.0 Å². The minimum Gasteiger partial charge on any atom is -0.0775 e. The molecule has 0 bridgehead atoms. The van der Waals surface area contributed by atoms with E-state index >= 15 is 0 Å². The van der Waals surface area contributed by atoms with Crippen molar-refractivity contribution in [1.82, 2.24) is 0 Å². The molecule has 0 aromatic heterocycles. The molecular formula is C12H24P. The summed E-state index contributed by atoms with van der Waals surface area (Å²) >= 11 is 0. The summed E-state index contributed by atoms with van der Waals surface area (Å²) in [6.45, 7) is 2.29. The molecule has 0 aliphatic heterocycles. The molecule has 1 saturated carbocycles. The highest BCUT2D eigenvalue weighted by Crippen LogP contribution is 2.32. The highest BCUT2D eigenvalue weighted by Gasteiger charge is 2.11. The Morgan fingerprint density at radius 1 is 1.00 bits per heavy atom. The SMILES string of the molecule is CCCCC[P]C1CCCCCC1. The molecule has 1 fully saturated rings. The predicted molar refractivity (Wildman–Crippen MR) is 62.8 cm³/mol. The van der Waals surface area contributed by atoms with Gasteiger partial charge in [0.25, 0.3) is 0 Å². The Balaban J connectivity index is 1.98. The zero-order valence-corrected chi connectivity index (χ0v) is 9.99. The van der Waals surface area contributed by atoms with E-state index in [1.54, 1.807) is 8.58 Å². The fourth-order valence-electron chi connectivity index (χ4n) is 2.08. The maximum atomic E-state index is 2.29. The van der Waals surface area contributed by atoms with E-state index in [1.165, 1.54) is 63.9 Å². The molecule has 0 heterocycles. The van der Waals surface area contributed by atoms with Gasteiger partial charge in [-0.05, 0) is 31.1 Å². The van der Waals surface area contributed by atoms with Crippen molar-refractivity contribution in [2.24, 2.45) is 0 Å². The average Bonchev–Trinajstić information content (AvgIpc) is 2.41. The summed E-state index contributed by atoms with van der Waals surface area (Å²) in [4.78, 5) is 0. The topological polar surface area (TPSA) is 0 Å². The van der Waals surface area contributed by atoms with Crippen molar-refractivity contribution in [1.29, 1.82) is 0 Å². The quantitative estimate of drug-likeness (QED) is 0.337. The van der Waals surface area contributed by atoms with Gasteiger partial charge in [0.1, 0.15) is 0 Å². The minimum atomic E-state index is 1.07. The fourth-order valence-corrected chi connectivity index (χ4v) is 3.58. The molecule has 1 radical (unpaired) electrons. The lowest BCUT2D eigenvalue weighted by Crippen LogP contribution is -1.99. The van der Waals surface area contributed by atoms with Gasteiger partial charge in [-0.25, -0.2) is 0 Å². The molecular weight excluding hydrogens is 175 g/mol. The third kappa shape index (κ3) is 5.68. The normalized spacial score (nSPS) is 21.0. The zero-order chi connectivity index (χ0) is 9.36. The second kappa shape index (κ2) is 7.80. The van der Waals surface area contributed by atoms with Crippen molar-refractivity contribution in [3.63, 3.8) is 0 Å². The van der Waals surface area contributed by atoms with E-state index < -0.39 is 0 Å². The van der Waals surface area contributed by atoms with Crippen LogP contribution in [-0.2, 0) is 0 Å². The van der Waals surface area contributed by atoms with E-state index in [2.05, 4.69) is 6.92 Å². The molecule has 0 aromatic rings. The Morgan fingerprint density at radius 3 is 2.31 bits per heavy atom. The van der Waals surface area contributed by atoms with Gasteiger partial charge in [-0.2, -0.15) is 0 Å². The van der Waals surface area contributed by atoms with Crippen LogP contribution in [0.1, 0.15) is 64.7 Å². The van der Waals surface area contributed by atoms with E-state index in [0.717, 1.165) is 5.66 Å². The molecule has 0 atom stereocenters. The largest absolute Gasteiger partial charge is 0.0775 e. The van der Waals surface area contributed by atoms with Gasteiger partial charge in [0.2, 0.25) is 0 Å². The monoisotopic (exact) mass is 199 g/mol. The maximum absolute atomic E-state index is 2.29. The molecule has 1 aliphatic rings. The van der Waals surface area contributed by atoms with Crippen LogP contribution in [0.5, 0.6) is 0 Å². The van der Waals surface area contributed by atoms with E-state index in [9.17, 15) is 0 Å². The lowest BCUT2D eigenvalue weighted by molar-refractivity contribution is 0.702. The second-order valence-electron chi connectivity index (χ2n) is 4.26. The van der Waals surface area contributed by atoms with E-state index in [1.807, 2.05) is 0 Å². The predicted octanol–water partition coefficient (Wildman–Crippen LogP) is 4.85. The van der Waals surface area contributed by atoms with Crippen LogP contribution in [0, 0.1) is 0 Å². The van der Waals surface area contributed by atoms with Crippen molar-refractivity contribution in [3.05, 3.63) is 0 Å². The van der Waals surface area contributed by atoms with Gasteiger partial charge >= 0.3 is 0 Å². The van der Waals surface area contributed by atoms with Crippen LogP contribution in [0.2, 0.25) is 0 Å². The number of unbranched alkanes of at least 4 members (excludes halogenated alkanes) is 2. The first-order valence-electron chi connectivity index (χ1n) is 6.10. The van der Waals surface area contributed by atoms with Crippen LogP contribution in [0.25, 0.3) is 0 Å². The van der Waals surface area contributed by atoms with Crippen LogP contribution >= 0.6 is 8.58 Å². The second-order valence-corrected chi connectivity index (χ2v) is 5.80. The van der Waals surface area contributed by atoms with Crippen LogP contribution in [-0.4, -0.2) is 11.8 Å². The van der Waals surface area contributed by atoms with Crippen LogP contribution in [0.15, 0.2) is 0 Å². The highest BCUT2D eigenvalue weighted by molar-refractivity contribution is 7.38. The molecule has 0 unspecified atom stereocenters. The standard InChI is InChI=1S/C12H24P/c1-2-3-8-11-13-12-9-6-4-5-7-10-12/h12H,2-11H2,1H3. The third-order valence-electron chi connectivity index (χ3n) is 2.97. The van der Waals surface area contributed by atoms with E-state index in [4.69, 9.17) is 0 Å². The molecule has 13 heavy (non-hydrogen) atoms. The number of hydrogen-bond acceptors (Lipinski definition) is 0. The van der Waals surface area contributed by atoms with E-state index in [-0.39, 0.29) is 0 Å². The number of rotatable bonds is 5. The van der Waals surface area contributed by atoms with Crippen molar-refractivity contribution in [2.75, 3.05) is 6.16 Å². The molecule has 0 nitrogen and oxygen atoms in total. The van der Waals surface area contributed by atoms with Gasteiger partial charge in [-0.15, -0.1) is 0 Å². The van der Waals surface area contributed by atoms with Gasteiger partial charge in [0.05, 0.1) is 0 Å². The highest BCUT2D eigenvalue weighted by atomic mass is 31.1. The minimum absolute atomic E-state index is 1.07. The Kier molecular flexibility index (Phi) is 6.90. The Labute approximate surface area is 85.7 Å². The molecule has 0 aromatic carbocycles. The van der Waals surface area contributed by atoms with Crippen molar-refractivity contribution in [3.8, 4) is 0 Å². The van der Waals surface area contributed by atoms with Crippen LogP contribution in [0.4, 0.5) is 0 Å². The Morgan fingerprint density at radius 2 is 1.69 bits per heavy atom. The average molecular weight is 199 g/mol. The van der Waals surface area contributed by atoms with Gasteiger partial charge in [-0.3, -0.25) is 0 Å². The molecule has 1 heteroatoms. The first-order chi connectivity index (χ1) is 6.43. The van der Waals surface area contributed by atoms with Crippen molar-refractivity contribution >= 4 is 8.58 Å². The van der Waals surface area contributed by atoms with Gasteiger partial charge in [0, 0.05) is 0 Å². The molecule has 0 saturated heterocycles. The molecule has 77 valence electrons. The molecule has 0 amide bonds. The van der Waals surface area contributed by atoms with Gasteiger partial charge in [0.15, 0.2) is 0 Å². The summed E-state index contributed by atoms with van der Waals surface area (Å²) in [5, 5.41) is 0. The number of hydrogen-bond donors (Lipinski definition) is 0. The summed E-state index contributed by atoms with van der Waals surface area (Å²) in [5.41, 5.74) is 1.07. The van der Waals surface area contributed by atoms with Crippen molar-refractivity contribution in [2.45, 2.75) is 70.4 Å². The molecule has 0 N–H and O–H groups in total. The smallest absolute Gasteiger partial charge is 0.0170 e. The molecule has 0 spiro atoms. The lowest BCUT2D eigenvalue weighted by Gasteiger charge is -2.12. The van der Waals surface area contributed by atoms with Crippen LogP contribution < -0.4 is 0 Å². The molecule has 1 aliphatic carbocycles. The summed E-state index contributed by atoms with van der Waals surface area (Å²) in [7, 11) is 1.77. The zero-order valence-electron chi connectivity index (χ0n) is 9.10. The van der Waals surface area contributed by atoms with E-state index in [0.29, 0.717) is 0 Å². The first kappa shape index (κ1) is 11.5. The third-order valence-corrected chi connectivity index (χ3v) is 4.58. The van der Waals surface area contributed by atoms with Crippen molar-refractivity contribution < 1.29 is 0 Å². The summed E-state index contributed by atoms with van der Waals surface area (Å²) in [6, 6.07) is 0. The maximum Gasteiger partial charge on any atom is -0.0170 e. The summed E-state index contributed by atoms with van der Waals surface area (Å²) < 4.78 is 0. The fraction of sp³-hybridized carbons (Fsp3) is 1.00. The Hall–Kier alpha value is 0.430.